The summed E-state index contributed by atoms with van der Waals surface area (Å²) >= 11 is 0. The summed E-state index contributed by atoms with van der Waals surface area (Å²) in [6.07, 6.45) is 1.82. The Morgan fingerprint density at radius 3 is 2.33 bits per heavy atom. The number of hydrogen-bond donors (Lipinski definition) is 0. The zero-order chi connectivity index (χ0) is 25.2. The second-order valence-electron chi connectivity index (χ2n) is 8.71. The van der Waals surface area contributed by atoms with Crippen LogP contribution in [0.3, 0.4) is 0 Å². The Morgan fingerprint density at radius 1 is 0.861 bits per heavy atom. The zero-order valence-electron chi connectivity index (χ0n) is 18.6. The highest BCUT2D eigenvalue weighted by Gasteiger charge is 2.32. The Hall–Kier alpha value is -4.57. The number of non-ortho nitro benzene ring substituents is 1. The molecule has 0 radical (unpaired) electrons. The van der Waals surface area contributed by atoms with E-state index in [2.05, 4.69) is 0 Å². The van der Waals surface area contributed by atoms with Crippen molar-refractivity contribution < 1.29 is 18.3 Å². The summed E-state index contributed by atoms with van der Waals surface area (Å²) in [5, 5.41) is 26.3. The third-order valence-electron chi connectivity index (χ3n) is 6.72. The summed E-state index contributed by atoms with van der Waals surface area (Å²) in [5.74, 6) is 0. The summed E-state index contributed by atoms with van der Waals surface area (Å²) in [6.45, 7) is 0.0170. The normalized spacial score (nSPS) is 14.1. The maximum atomic E-state index is 13.5. The van der Waals surface area contributed by atoms with E-state index in [1.54, 1.807) is 12.3 Å². The fourth-order valence-corrected chi connectivity index (χ4v) is 6.48. The first-order valence-electron chi connectivity index (χ1n) is 11.0. The van der Waals surface area contributed by atoms with Crippen LogP contribution < -0.4 is 10.4 Å². The smallest absolute Gasteiger partial charge is 0.269 e. The van der Waals surface area contributed by atoms with Crippen molar-refractivity contribution in [3.05, 3.63) is 109 Å². The molecule has 0 saturated heterocycles. The van der Waals surface area contributed by atoms with Crippen LogP contribution in [0.4, 0.5) is 11.4 Å². The van der Waals surface area contributed by atoms with E-state index < -0.39 is 19.9 Å². The van der Waals surface area contributed by atoms with E-state index >= 15 is 0 Å². The molecule has 10 heteroatoms. The number of nitro benzene ring substituents is 2. The molecule has 2 aliphatic rings. The van der Waals surface area contributed by atoms with Crippen molar-refractivity contribution in [1.82, 2.24) is 4.31 Å². The molecule has 0 atom stereocenters. The van der Waals surface area contributed by atoms with E-state index in [1.165, 1.54) is 22.5 Å². The van der Waals surface area contributed by atoms with Crippen LogP contribution in [-0.2, 0) is 16.4 Å². The lowest BCUT2D eigenvalue weighted by atomic mass is 9.82. The lowest BCUT2D eigenvalue weighted by Gasteiger charge is -2.29. The number of benzene rings is 4. The molecule has 1 aliphatic heterocycles. The van der Waals surface area contributed by atoms with Gasteiger partial charge in [0, 0.05) is 36.4 Å². The van der Waals surface area contributed by atoms with E-state index in [4.69, 9.17) is 0 Å². The topological polar surface area (TPSA) is 124 Å². The molecule has 6 rings (SSSR count). The van der Waals surface area contributed by atoms with Gasteiger partial charge in [0.05, 0.1) is 21.3 Å². The molecule has 0 amide bonds. The van der Waals surface area contributed by atoms with E-state index in [0.29, 0.717) is 10.8 Å². The molecule has 1 aliphatic carbocycles. The third-order valence-corrected chi connectivity index (χ3v) is 8.44. The van der Waals surface area contributed by atoms with Crippen molar-refractivity contribution in [1.29, 1.82) is 0 Å². The number of nitrogens with zero attached hydrogens (tertiary/aromatic N) is 3. The molecular formula is C26H17N3O6S. The molecule has 9 nitrogen and oxygen atoms in total. The average Bonchev–Trinajstić information content (AvgIpc) is 2.87. The molecule has 0 N–H and O–H groups in total. The zero-order valence-corrected chi connectivity index (χ0v) is 19.4. The van der Waals surface area contributed by atoms with Gasteiger partial charge in [0.1, 0.15) is 0 Å². The van der Waals surface area contributed by atoms with Crippen molar-refractivity contribution in [2.45, 2.75) is 11.3 Å². The van der Waals surface area contributed by atoms with Gasteiger partial charge < -0.3 is 0 Å². The van der Waals surface area contributed by atoms with Crippen LogP contribution in [0.15, 0.2) is 77.7 Å². The molecule has 0 fully saturated rings. The molecule has 0 unspecified atom stereocenters. The molecular weight excluding hydrogens is 482 g/mol. The van der Waals surface area contributed by atoms with Gasteiger partial charge in [-0.1, -0.05) is 36.4 Å². The van der Waals surface area contributed by atoms with Gasteiger partial charge in [-0.15, -0.1) is 0 Å². The van der Waals surface area contributed by atoms with Crippen LogP contribution >= 0.6 is 0 Å². The van der Waals surface area contributed by atoms with E-state index in [9.17, 15) is 28.6 Å². The van der Waals surface area contributed by atoms with Crippen LogP contribution in [0.2, 0.25) is 0 Å². The molecule has 0 spiro atoms. The molecule has 4 aromatic carbocycles. The first-order chi connectivity index (χ1) is 17.3. The fraction of sp³-hybridized carbons (Fsp3) is 0.0769. The fourth-order valence-electron chi connectivity index (χ4n) is 5.15. The van der Waals surface area contributed by atoms with Crippen molar-refractivity contribution in [3.8, 4) is 11.1 Å². The standard InChI is InChI=1S/C26H17N3O6S/c30-28(31)19-8-10-20(11-9-19)36(34,35)27-14-17-12-16-4-1-2-5-21(16)26-22-6-3-7-24(29(32)33)23(22)13-18(15-27)25(17)26/h1-12,14H,13,15H2. The number of fused-ring (bicyclic) bond motifs is 4. The maximum absolute atomic E-state index is 13.5. The number of hydrogen-bond acceptors (Lipinski definition) is 6. The van der Waals surface area contributed by atoms with Crippen LogP contribution in [0, 0.1) is 20.2 Å². The quantitative estimate of drug-likeness (QED) is 0.313. The first-order valence-corrected chi connectivity index (χ1v) is 12.5. The second-order valence-corrected chi connectivity index (χ2v) is 10.6. The predicted molar refractivity (Wildman–Crippen MR) is 134 cm³/mol. The Morgan fingerprint density at radius 2 is 1.61 bits per heavy atom. The lowest BCUT2D eigenvalue weighted by molar-refractivity contribution is -0.385. The Labute approximate surface area is 204 Å². The Bertz CT molecular complexity index is 1860. The molecule has 4 aromatic rings. The number of sulfonamides is 1. The molecule has 178 valence electrons. The minimum Gasteiger partial charge on any atom is -0.269 e. The summed E-state index contributed by atoms with van der Waals surface area (Å²) < 4.78 is 28.3. The third kappa shape index (κ3) is 3.18. The van der Waals surface area contributed by atoms with Crippen LogP contribution in [0.1, 0.15) is 5.56 Å². The SMILES string of the molecule is O=[N+]([O-])c1ccc(S(=O)(=O)N2C=c3cc4ccccc4c4c3=C(Cc3c-4cccc3[N+](=O)[O-])C2)cc1. The van der Waals surface area contributed by atoms with Gasteiger partial charge in [0.15, 0.2) is 0 Å². The van der Waals surface area contributed by atoms with Gasteiger partial charge in [0.2, 0.25) is 0 Å². The van der Waals surface area contributed by atoms with Crippen molar-refractivity contribution in [2.24, 2.45) is 0 Å². The largest absolute Gasteiger partial charge is 0.273 e. The predicted octanol–water partition coefficient (Wildman–Crippen LogP) is 3.47. The van der Waals surface area contributed by atoms with Gasteiger partial charge in [-0.25, -0.2) is 8.42 Å². The minimum absolute atomic E-state index is 0.000497. The maximum Gasteiger partial charge on any atom is 0.273 e. The van der Waals surface area contributed by atoms with Gasteiger partial charge in [-0.05, 0) is 56.1 Å². The molecule has 1 heterocycles. The van der Waals surface area contributed by atoms with Crippen LogP contribution in [0.25, 0.3) is 33.7 Å². The highest BCUT2D eigenvalue weighted by molar-refractivity contribution is 7.89. The van der Waals surface area contributed by atoms with Gasteiger partial charge in [0.25, 0.3) is 21.4 Å². The van der Waals surface area contributed by atoms with Crippen molar-refractivity contribution in [2.75, 3.05) is 6.54 Å². The lowest BCUT2D eigenvalue weighted by Crippen LogP contribution is -2.44. The minimum atomic E-state index is -4.04. The Kier molecular flexibility index (Phi) is 4.70. The summed E-state index contributed by atoms with van der Waals surface area (Å²) in [6, 6.07) is 19.4. The van der Waals surface area contributed by atoms with Gasteiger partial charge >= 0.3 is 0 Å². The van der Waals surface area contributed by atoms with Crippen molar-refractivity contribution in [3.63, 3.8) is 0 Å². The average molecular weight is 500 g/mol. The summed E-state index contributed by atoms with van der Waals surface area (Å²) in [5.41, 5.74) is 2.76. The Balaban J connectivity index is 1.60. The highest BCUT2D eigenvalue weighted by atomic mass is 32.2. The first kappa shape index (κ1) is 21.9. The number of nitro groups is 2. The molecule has 0 saturated carbocycles. The van der Waals surface area contributed by atoms with Gasteiger partial charge in [-0.2, -0.15) is 0 Å². The summed E-state index contributed by atoms with van der Waals surface area (Å²) in [4.78, 5) is 21.8. The molecule has 0 aromatic heterocycles. The molecule has 36 heavy (non-hydrogen) atoms. The van der Waals surface area contributed by atoms with Gasteiger partial charge in [-0.3, -0.25) is 24.5 Å². The van der Waals surface area contributed by atoms with Crippen LogP contribution in [0.5, 0.6) is 0 Å². The van der Waals surface area contributed by atoms with E-state index in [0.717, 1.165) is 44.8 Å². The van der Waals surface area contributed by atoms with E-state index in [1.807, 2.05) is 36.4 Å². The summed E-state index contributed by atoms with van der Waals surface area (Å²) in [7, 11) is -4.04. The van der Waals surface area contributed by atoms with Crippen LogP contribution in [-0.4, -0.2) is 29.1 Å². The van der Waals surface area contributed by atoms with Crippen molar-refractivity contribution >= 4 is 43.9 Å². The monoisotopic (exact) mass is 499 g/mol. The second kappa shape index (κ2) is 7.72. The van der Waals surface area contributed by atoms with E-state index in [-0.39, 0.29) is 29.2 Å². The highest BCUT2D eigenvalue weighted by Crippen LogP contribution is 2.38. The number of rotatable bonds is 4. The molecule has 0 bridgehead atoms.